The third-order valence-corrected chi connectivity index (χ3v) is 2.53. The van der Waals surface area contributed by atoms with Gasteiger partial charge in [0.05, 0.1) is 9.99 Å². The zero-order valence-electron chi connectivity index (χ0n) is 5.96. The highest BCUT2D eigenvalue weighted by atomic mass is 79.9. The first-order valence-corrected chi connectivity index (χ1v) is 4.91. The minimum absolute atomic E-state index is 0.924. The van der Waals surface area contributed by atoms with Gasteiger partial charge in [-0.2, -0.15) is 0 Å². The summed E-state index contributed by atoms with van der Waals surface area (Å²) in [7, 11) is 0. The fourth-order valence-electron chi connectivity index (χ4n) is 0.997. The molecule has 0 saturated carbocycles. The van der Waals surface area contributed by atoms with Gasteiger partial charge in [0.15, 0.2) is 0 Å². The second kappa shape index (κ2) is 3.11. The van der Waals surface area contributed by atoms with E-state index in [0.29, 0.717) is 0 Å². The molecule has 12 heavy (non-hydrogen) atoms. The molecular weight excluding hydrogens is 284 g/mol. The minimum atomic E-state index is 0.924. The third kappa shape index (κ3) is 1.36. The van der Waals surface area contributed by atoms with Crippen molar-refractivity contribution in [3.8, 4) is 0 Å². The van der Waals surface area contributed by atoms with Gasteiger partial charge in [0.2, 0.25) is 0 Å². The summed E-state index contributed by atoms with van der Waals surface area (Å²) in [6.07, 6.45) is 5.30. The molecule has 4 heteroatoms. The fourth-order valence-corrected chi connectivity index (χ4v) is 1.80. The Morgan fingerprint density at radius 2 is 1.92 bits per heavy atom. The number of fused-ring (bicyclic) bond motifs is 1. The molecule has 0 atom stereocenters. The van der Waals surface area contributed by atoms with E-state index in [9.17, 15) is 0 Å². The third-order valence-electron chi connectivity index (χ3n) is 1.51. The summed E-state index contributed by atoms with van der Waals surface area (Å²) < 4.78 is 1.89. The van der Waals surface area contributed by atoms with Crippen LogP contribution in [-0.4, -0.2) is 9.97 Å². The van der Waals surface area contributed by atoms with Crippen LogP contribution in [-0.2, 0) is 0 Å². The molecule has 0 radical (unpaired) electrons. The SMILES string of the molecule is Brc1cnc2c(Br)cncc2c1. The van der Waals surface area contributed by atoms with E-state index in [1.807, 2.05) is 6.07 Å². The Morgan fingerprint density at radius 3 is 2.75 bits per heavy atom. The van der Waals surface area contributed by atoms with Crippen molar-refractivity contribution < 1.29 is 0 Å². The topological polar surface area (TPSA) is 25.8 Å². The molecule has 0 fully saturated rings. The molecule has 0 amide bonds. The smallest absolute Gasteiger partial charge is 0.0875 e. The monoisotopic (exact) mass is 286 g/mol. The van der Waals surface area contributed by atoms with Crippen molar-refractivity contribution in [1.82, 2.24) is 9.97 Å². The number of aromatic nitrogens is 2. The first kappa shape index (κ1) is 8.13. The maximum Gasteiger partial charge on any atom is 0.0875 e. The van der Waals surface area contributed by atoms with E-state index in [-0.39, 0.29) is 0 Å². The van der Waals surface area contributed by atoms with Crippen molar-refractivity contribution in [1.29, 1.82) is 0 Å². The molecular formula is C8H4Br2N2. The van der Waals surface area contributed by atoms with E-state index in [4.69, 9.17) is 0 Å². The predicted octanol–water partition coefficient (Wildman–Crippen LogP) is 3.15. The van der Waals surface area contributed by atoms with Gasteiger partial charge in [0.1, 0.15) is 0 Å². The van der Waals surface area contributed by atoms with E-state index < -0.39 is 0 Å². The lowest BCUT2D eigenvalue weighted by Crippen LogP contribution is -1.81. The van der Waals surface area contributed by atoms with Crippen molar-refractivity contribution >= 4 is 42.8 Å². The summed E-state index contributed by atoms with van der Waals surface area (Å²) in [6.45, 7) is 0. The Balaban J connectivity index is 2.86. The zero-order chi connectivity index (χ0) is 8.55. The maximum absolute atomic E-state index is 4.25. The van der Waals surface area contributed by atoms with Gasteiger partial charge in [-0.15, -0.1) is 0 Å². The highest BCUT2D eigenvalue weighted by Gasteiger charge is 1.99. The van der Waals surface area contributed by atoms with Gasteiger partial charge < -0.3 is 0 Å². The van der Waals surface area contributed by atoms with E-state index in [1.165, 1.54) is 0 Å². The number of rotatable bonds is 0. The van der Waals surface area contributed by atoms with E-state index in [0.717, 1.165) is 19.8 Å². The van der Waals surface area contributed by atoms with Crippen molar-refractivity contribution in [2.75, 3.05) is 0 Å². The van der Waals surface area contributed by atoms with Gasteiger partial charge in [-0.1, -0.05) is 0 Å². The van der Waals surface area contributed by atoms with E-state index >= 15 is 0 Å². The van der Waals surface area contributed by atoms with Crippen molar-refractivity contribution in [2.45, 2.75) is 0 Å². The second-order valence-electron chi connectivity index (χ2n) is 2.35. The Bertz CT molecular complexity index is 428. The molecule has 0 spiro atoms. The molecule has 2 heterocycles. The van der Waals surface area contributed by atoms with Crippen LogP contribution in [0.1, 0.15) is 0 Å². The van der Waals surface area contributed by atoms with Crippen LogP contribution in [0.15, 0.2) is 33.6 Å². The molecule has 0 N–H and O–H groups in total. The normalized spacial score (nSPS) is 10.5. The van der Waals surface area contributed by atoms with E-state index in [2.05, 4.69) is 41.8 Å². The van der Waals surface area contributed by atoms with Gasteiger partial charge in [-0.3, -0.25) is 9.97 Å². The molecule has 0 aromatic carbocycles. The molecule has 0 saturated heterocycles. The first-order valence-electron chi connectivity index (χ1n) is 3.32. The predicted molar refractivity (Wildman–Crippen MR) is 54.9 cm³/mol. The Morgan fingerprint density at radius 1 is 1.08 bits per heavy atom. The fraction of sp³-hybridized carbons (Fsp3) is 0. The van der Waals surface area contributed by atoms with Crippen LogP contribution >= 0.6 is 31.9 Å². The summed E-state index contributed by atoms with van der Waals surface area (Å²) in [4.78, 5) is 8.29. The molecule has 0 aliphatic heterocycles. The highest BCUT2D eigenvalue weighted by Crippen LogP contribution is 2.22. The van der Waals surface area contributed by atoms with Crippen LogP contribution in [0, 0.1) is 0 Å². The van der Waals surface area contributed by atoms with Gasteiger partial charge in [-0.05, 0) is 37.9 Å². The lowest BCUT2D eigenvalue weighted by atomic mass is 10.3. The number of hydrogen-bond donors (Lipinski definition) is 0. The molecule has 2 aromatic heterocycles. The lowest BCUT2D eigenvalue weighted by Gasteiger charge is -1.98. The lowest BCUT2D eigenvalue weighted by molar-refractivity contribution is 1.30. The van der Waals surface area contributed by atoms with E-state index in [1.54, 1.807) is 18.6 Å². The summed E-state index contributed by atoms with van der Waals surface area (Å²) >= 11 is 6.73. The summed E-state index contributed by atoms with van der Waals surface area (Å²) in [5, 5.41) is 1.03. The molecule has 0 aliphatic rings. The van der Waals surface area contributed by atoms with Crippen molar-refractivity contribution in [3.63, 3.8) is 0 Å². The Kier molecular flexibility index (Phi) is 2.11. The number of halogens is 2. The quantitative estimate of drug-likeness (QED) is 0.744. The minimum Gasteiger partial charge on any atom is -0.263 e. The van der Waals surface area contributed by atoms with Crippen LogP contribution in [0.25, 0.3) is 10.9 Å². The number of pyridine rings is 2. The molecule has 60 valence electrons. The number of hydrogen-bond acceptors (Lipinski definition) is 2. The molecule has 2 aromatic rings. The average molecular weight is 288 g/mol. The largest absolute Gasteiger partial charge is 0.263 e. The maximum atomic E-state index is 4.25. The molecule has 2 rings (SSSR count). The summed E-state index contributed by atoms with van der Waals surface area (Å²) in [6, 6.07) is 1.99. The molecule has 0 aliphatic carbocycles. The standard InChI is InChI=1S/C8H4Br2N2/c9-6-1-5-2-11-4-7(10)8(5)12-3-6/h1-4H. The Labute approximate surface area is 86.3 Å². The van der Waals surface area contributed by atoms with Gasteiger partial charge in [-0.25, -0.2) is 0 Å². The zero-order valence-corrected chi connectivity index (χ0v) is 9.13. The summed E-state index contributed by atoms with van der Waals surface area (Å²) in [5.74, 6) is 0. The number of nitrogens with zero attached hydrogens (tertiary/aromatic N) is 2. The van der Waals surface area contributed by atoms with Crippen molar-refractivity contribution in [2.24, 2.45) is 0 Å². The van der Waals surface area contributed by atoms with Crippen molar-refractivity contribution in [3.05, 3.63) is 33.6 Å². The molecule has 0 unspecified atom stereocenters. The van der Waals surface area contributed by atoms with Gasteiger partial charge >= 0.3 is 0 Å². The van der Waals surface area contributed by atoms with Gasteiger partial charge in [0.25, 0.3) is 0 Å². The summed E-state index contributed by atoms with van der Waals surface area (Å²) in [5.41, 5.74) is 0.938. The highest BCUT2D eigenvalue weighted by molar-refractivity contribution is 9.11. The average Bonchev–Trinajstić information content (AvgIpc) is 2.04. The van der Waals surface area contributed by atoms with Crippen LogP contribution in [0.2, 0.25) is 0 Å². The molecule has 2 nitrogen and oxygen atoms in total. The van der Waals surface area contributed by atoms with Crippen LogP contribution < -0.4 is 0 Å². The Hall–Kier alpha value is -0.480. The van der Waals surface area contributed by atoms with Crippen LogP contribution in [0.4, 0.5) is 0 Å². The molecule has 0 bridgehead atoms. The first-order chi connectivity index (χ1) is 5.77. The van der Waals surface area contributed by atoms with Crippen LogP contribution in [0.5, 0.6) is 0 Å². The van der Waals surface area contributed by atoms with Gasteiger partial charge in [0, 0.05) is 28.4 Å². The van der Waals surface area contributed by atoms with Crippen LogP contribution in [0.3, 0.4) is 0 Å². The second-order valence-corrected chi connectivity index (χ2v) is 4.12.